The largest absolute Gasteiger partial charge is 0.478 e. The number of ether oxygens (including phenoxy) is 1. The van der Waals surface area contributed by atoms with Gasteiger partial charge in [-0.25, -0.2) is 4.98 Å². The van der Waals surface area contributed by atoms with E-state index in [1.165, 1.54) is 0 Å². The summed E-state index contributed by atoms with van der Waals surface area (Å²) in [4.78, 5) is 12.5. The molecule has 1 N–H and O–H groups in total. The number of rotatable bonds is 5. The van der Waals surface area contributed by atoms with Crippen molar-refractivity contribution in [3.63, 3.8) is 0 Å². The summed E-state index contributed by atoms with van der Waals surface area (Å²) in [5, 5.41) is 6.72. The molecule has 7 nitrogen and oxygen atoms in total. The van der Waals surface area contributed by atoms with E-state index < -0.39 is 0 Å². The van der Waals surface area contributed by atoms with Gasteiger partial charge in [0.15, 0.2) is 5.82 Å². The lowest BCUT2D eigenvalue weighted by atomic mass is 10.4. The van der Waals surface area contributed by atoms with E-state index in [0.717, 1.165) is 5.69 Å². The number of hydrogen-bond acceptors (Lipinski definition) is 7. The maximum Gasteiger partial charge on any atom is 0.246 e. The van der Waals surface area contributed by atoms with Gasteiger partial charge in [-0.15, -0.1) is 0 Å². The molecule has 2 heterocycles. The van der Waals surface area contributed by atoms with Crippen molar-refractivity contribution in [1.82, 2.24) is 20.1 Å². The Bertz CT molecular complexity index is 526. The molecular weight excluding hydrogens is 234 g/mol. The summed E-state index contributed by atoms with van der Waals surface area (Å²) in [7, 11) is 0. The topological polar surface area (TPSA) is 86.0 Å². The summed E-state index contributed by atoms with van der Waals surface area (Å²) in [6, 6.07) is 1.78. The van der Waals surface area contributed by atoms with Crippen molar-refractivity contribution in [1.29, 1.82) is 0 Å². The van der Waals surface area contributed by atoms with E-state index in [1.807, 2.05) is 13.8 Å². The van der Waals surface area contributed by atoms with Gasteiger partial charge in [-0.3, -0.25) is 0 Å². The van der Waals surface area contributed by atoms with Crippen molar-refractivity contribution >= 4 is 5.95 Å². The zero-order chi connectivity index (χ0) is 13.0. The van der Waals surface area contributed by atoms with Gasteiger partial charge in [0.2, 0.25) is 17.7 Å². The number of hydrogen-bond donors (Lipinski definition) is 1. The van der Waals surface area contributed by atoms with E-state index in [9.17, 15) is 0 Å². The monoisotopic (exact) mass is 249 g/mol. The van der Waals surface area contributed by atoms with Crippen LogP contribution in [0.25, 0.3) is 0 Å². The molecule has 0 aromatic carbocycles. The molecule has 0 aliphatic carbocycles. The molecule has 0 bridgehead atoms. The van der Waals surface area contributed by atoms with E-state index >= 15 is 0 Å². The Morgan fingerprint density at radius 2 is 2.11 bits per heavy atom. The minimum atomic E-state index is 0.385. The third-order valence-corrected chi connectivity index (χ3v) is 2.09. The van der Waals surface area contributed by atoms with Gasteiger partial charge in [-0.2, -0.15) is 9.97 Å². The molecule has 0 unspecified atom stereocenters. The molecule has 0 saturated heterocycles. The highest BCUT2D eigenvalue weighted by atomic mass is 16.5. The second-order valence-electron chi connectivity index (χ2n) is 3.69. The summed E-state index contributed by atoms with van der Waals surface area (Å²) >= 11 is 0. The lowest BCUT2D eigenvalue weighted by Crippen LogP contribution is -2.06. The van der Waals surface area contributed by atoms with Crippen LogP contribution in [0.15, 0.2) is 10.6 Å². The van der Waals surface area contributed by atoms with Crippen molar-refractivity contribution < 1.29 is 9.26 Å². The molecule has 2 rings (SSSR count). The van der Waals surface area contributed by atoms with Crippen LogP contribution in [-0.2, 0) is 6.54 Å². The summed E-state index contributed by atoms with van der Waals surface area (Å²) in [6.07, 6.45) is 0. The maximum atomic E-state index is 5.34. The Hall–Kier alpha value is -2.18. The smallest absolute Gasteiger partial charge is 0.246 e. The van der Waals surface area contributed by atoms with Gasteiger partial charge in [-0.1, -0.05) is 5.16 Å². The number of aromatic nitrogens is 4. The van der Waals surface area contributed by atoms with Gasteiger partial charge in [0.05, 0.1) is 13.2 Å². The zero-order valence-electron chi connectivity index (χ0n) is 10.6. The predicted octanol–water partition coefficient (Wildman–Crippen LogP) is 1.49. The Balaban J connectivity index is 2.04. The fraction of sp³-hybridized carbons (Fsp3) is 0.455. The normalized spacial score (nSPS) is 10.4. The average molecular weight is 249 g/mol. The first-order valence-corrected chi connectivity index (χ1v) is 5.69. The van der Waals surface area contributed by atoms with Crippen LogP contribution < -0.4 is 10.1 Å². The second kappa shape index (κ2) is 5.44. The number of anilines is 1. The highest BCUT2D eigenvalue weighted by molar-refractivity contribution is 5.30. The first kappa shape index (κ1) is 12.3. The van der Waals surface area contributed by atoms with Crippen LogP contribution in [0.5, 0.6) is 5.88 Å². The Kier molecular flexibility index (Phi) is 3.71. The zero-order valence-corrected chi connectivity index (χ0v) is 10.6. The quantitative estimate of drug-likeness (QED) is 0.858. The van der Waals surface area contributed by atoms with Gasteiger partial charge in [0.25, 0.3) is 0 Å². The molecule has 0 aliphatic rings. The standard InChI is InChI=1S/C11H15N5O2/c1-4-17-9-5-7(2)13-11(15-9)12-6-10-14-8(3)16-18-10/h5H,4,6H2,1-3H3,(H,12,13,15). The average Bonchev–Trinajstić information content (AvgIpc) is 2.72. The van der Waals surface area contributed by atoms with Gasteiger partial charge in [0, 0.05) is 11.8 Å². The van der Waals surface area contributed by atoms with Crippen LogP contribution in [0.3, 0.4) is 0 Å². The molecule has 0 fully saturated rings. The molecule has 96 valence electrons. The number of nitrogens with zero attached hydrogens (tertiary/aromatic N) is 4. The van der Waals surface area contributed by atoms with Crippen LogP contribution >= 0.6 is 0 Å². The van der Waals surface area contributed by atoms with Gasteiger partial charge in [-0.05, 0) is 20.8 Å². The van der Waals surface area contributed by atoms with Gasteiger partial charge < -0.3 is 14.6 Å². The summed E-state index contributed by atoms with van der Waals surface area (Å²) < 4.78 is 10.3. The maximum absolute atomic E-state index is 5.34. The fourth-order valence-corrected chi connectivity index (χ4v) is 1.41. The third kappa shape index (κ3) is 3.16. The second-order valence-corrected chi connectivity index (χ2v) is 3.69. The molecule has 0 radical (unpaired) electrons. The van der Waals surface area contributed by atoms with Crippen LogP contribution in [0.4, 0.5) is 5.95 Å². The SMILES string of the molecule is CCOc1cc(C)nc(NCc2nc(C)no2)n1. The van der Waals surface area contributed by atoms with Crippen LogP contribution in [0.2, 0.25) is 0 Å². The van der Waals surface area contributed by atoms with Crippen LogP contribution in [-0.4, -0.2) is 26.7 Å². The summed E-state index contributed by atoms with van der Waals surface area (Å²) in [5.41, 5.74) is 0.831. The lowest BCUT2D eigenvalue weighted by molar-refractivity contribution is 0.326. The molecular formula is C11H15N5O2. The molecule has 2 aromatic rings. The third-order valence-electron chi connectivity index (χ3n) is 2.09. The van der Waals surface area contributed by atoms with Crippen molar-refractivity contribution in [2.45, 2.75) is 27.3 Å². The van der Waals surface area contributed by atoms with Gasteiger partial charge in [0.1, 0.15) is 0 Å². The molecule has 0 atom stereocenters. The molecule has 2 aromatic heterocycles. The Morgan fingerprint density at radius 3 is 2.78 bits per heavy atom. The number of nitrogens with one attached hydrogen (secondary N) is 1. The van der Waals surface area contributed by atoms with E-state index in [1.54, 1.807) is 13.0 Å². The molecule has 7 heteroatoms. The van der Waals surface area contributed by atoms with Gasteiger partial charge >= 0.3 is 0 Å². The van der Waals surface area contributed by atoms with Crippen LogP contribution in [0.1, 0.15) is 24.3 Å². The minimum Gasteiger partial charge on any atom is -0.478 e. The van der Waals surface area contributed by atoms with Crippen LogP contribution in [0, 0.1) is 13.8 Å². The molecule has 18 heavy (non-hydrogen) atoms. The Labute approximate surface area is 105 Å². The molecule has 0 spiro atoms. The van der Waals surface area contributed by atoms with Crippen molar-refractivity contribution in [3.8, 4) is 5.88 Å². The van der Waals surface area contributed by atoms with Crippen molar-refractivity contribution in [2.24, 2.45) is 0 Å². The summed E-state index contributed by atoms with van der Waals surface area (Å²) in [5.74, 6) is 2.13. The molecule has 0 amide bonds. The predicted molar refractivity (Wildman–Crippen MR) is 64.3 cm³/mol. The van der Waals surface area contributed by atoms with Crippen molar-refractivity contribution in [3.05, 3.63) is 23.5 Å². The minimum absolute atomic E-state index is 0.385. The lowest BCUT2D eigenvalue weighted by Gasteiger charge is -2.06. The van der Waals surface area contributed by atoms with E-state index in [4.69, 9.17) is 9.26 Å². The van der Waals surface area contributed by atoms with E-state index in [0.29, 0.717) is 36.7 Å². The fourth-order valence-electron chi connectivity index (χ4n) is 1.41. The Morgan fingerprint density at radius 1 is 1.28 bits per heavy atom. The van der Waals surface area contributed by atoms with E-state index in [-0.39, 0.29) is 0 Å². The molecule has 0 saturated carbocycles. The highest BCUT2D eigenvalue weighted by Gasteiger charge is 2.06. The first-order valence-electron chi connectivity index (χ1n) is 5.69. The summed E-state index contributed by atoms with van der Waals surface area (Å²) in [6.45, 7) is 6.51. The number of aryl methyl sites for hydroxylation is 2. The van der Waals surface area contributed by atoms with E-state index in [2.05, 4.69) is 25.4 Å². The first-order chi connectivity index (χ1) is 8.67. The van der Waals surface area contributed by atoms with Crippen molar-refractivity contribution in [2.75, 3.05) is 11.9 Å². The highest BCUT2D eigenvalue weighted by Crippen LogP contribution is 2.12. The molecule has 0 aliphatic heterocycles.